The van der Waals surface area contributed by atoms with E-state index in [1.165, 1.54) is 6.92 Å². The van der Waals surface area contributed by atoms with Crippen molar-refractivity contribution in [2.24, 2.45) is 0 Å². The second kappa shape index (κ2) is 6.19. The molecule has 0 aliphatic rings. The predicted molar refractivity (Wildman–Crippen MR) is 93.5 cm³/mol. The molecule has 0 aliphatic heterocycles. The maximum atomic E-state index is 11.4. The molecule has 1 rings (SSSR count). The van der Waals surface area contributed by atoms with Crippen LogP contribution in [0.3, 0.4) is 0 Å². The molecule has 0 heterocycles. The summed E-state index contributed by atoms with van der Waals surface area (Å²) in [4.78, 5) is 22.5. The summed E-state index contributed by atoms with van der Waals surface area (Å²) in [6.45, 7) is 1.39. The van der Waals surface area contributed by atoms with Gasteiger partial charge in [0.1, 0.15) is 0 Å². The van der Waals surface area contributed by atoms with Gasteiger partial charge in [-0.3, -0.25) is 9.59 Å². The molecule has 3 N–H and O–H groups in total. The molecule has 0 saturated heterocycles. The largest absolute Gasteiger partial charge is 0.397 e. The van der Waals surface area contributed by atoms with Crippen LogP contribution in [0, 0.1) is 10.7 Å². The first-order valence-electron chi connectivity index (χ1n) is 4.20. The van der Waals surface area contributed by atoms with E-state index < -0.39 is 5.24 Å². The molecule has 0 bridgehead atoms. The highest BCUT2D eigenvalue weighted by atomic mass is 127. The number of carbonyl (C=O) groups excluding carboxylic acids is 2. The predicted octanol–water partition coefficient (Wildman–Crippen LogP) is 3.42. The van der Waals surface area contributed by atoms with Crippen LogP contribution in [0.4, 0.5) is 11.4 Å². The number of benzene rings is 1. The average Bonchev–Trinajstić information content (AvgIpc) is 2.21. The van der Waals surface area contributed by atoms with Crippen molar-refractivity contribution in [3.63, 3.8) is 0 Å². The molecular weight excluding hydrogens is 584 g/mol. The molecule has 92 valence electrons. The molecule has 0 saturated carbocycles. The summed E-state index contributed by atoms with van der Waals surface area (Å²) in [5, 5.41) is 2.07. The van der Waals surface area contributed by atoms with E-state index in [4.69, 9.17) is 17.3 Å². The van der Waals surface area contributed by atoms with E-state index in [0.717, 1.165) is 0 Å². The van der Waals surface area contributed by atoms with Gasteiger partial charge in [0.05, 0.1) is 27.6 Å². The fourth-order valence-electron chi connectivity index (χ4n) is 1.14. The van der Waals surface area contributed by atoms with E-state index in [1.54, 1.807) is 0 Å². The van der Waals surface area contributed by atoms with Gasteiger partial charge in [-0.25, -0.2) is 0 Å². The van der Waals surface area contributed by atoms with Gasteiger partial charge in [0.25, 0.3) is 5.24 Å². The lowest BCUT2D eigenvalue weighted by molar-refractivity contribution is -0.114. The van der Waals surface area contributed by atoms with E-state index >= 15 is 0 Å². The van der Waals surface area contributed by atoms with Crippen LogP contribution in [-0.4, -0.2) is 11.1 Å². The van der Waals surface area contributed by atoms with Gasteiger partial charge in [0.2, 0.25) is 5.91 Å². The molecule has 0 aromatic heterocycles. The van der Waals surface area contributed by atoms with Gasteiger partial charge in [0, 0.05) is 6.92 Å². The molecule has 1 amide bonds. The Kier molecular flexibility index (Phi) is 5.72. The van der Waals surface area contributed by atoms with Gasteiger partial charge < -0.3 is 11.1 Å². The van der Waals surface area contributed by atoms with Crippen molar-refractivity contribution in [1.29, 1.82) is 0 Å². The van der Waals surface area contributed by atoms with Crippen LogP contribution in [0.25, 0.3) is 0 Å². The van der Waals surface area contributed by atoms with Gasteiger partial charge in [0.15, 0.2) is 0 Å². The third-order valence-corrected chi connectivity index (χ3v) is 5.36. The Balaban J connectivity index is 3.61. The van der Waals surface area contributed by atoms with Crippen molar-refractivity contribution in [3.05, 3.63) is 16.3 Å². The van der Waals surface area contributed by atoms with Crippen molar-refractivity contribution in [1.82, 2.24) is 0 Å². The number of anilines is 2. The monoisotopic (exact) mass is 590 g/mol. The maximum absolute atomic E-state index is 11.4. The van der Waals surface area contributed by atoms with Crippen LogP contribution < -0.4 is 11.1 Å². The zero-order valence-electron chi connectivity index (χ0n) is 8.41. The van der Waals surface area contributed by atoms with Crippen molar-refractivity contribution in [3.8, 4) is 0 Å². The van der Waals surface area contributed by atoms with Crippen molar-refractivity contribution in [2.75, 3.05) is 11.1 Å². The topological polar surface area (TPSA) is 72.2 Å². The molecule has 0 radical (unpaired) electrons. The summed E-state index contributed by atoms with van der Waals surface area (Å²) in [7, 11) is 0. The molecule has 0 atom stereocenters. The Bertz CT molecular complexity index is 520. The molecule has 1 aromatic carbocycles. The molecular formula is C9H6ClI3N2O2. The van der Waals surface area contributed by atoms with Gasteiger partial charge in [-0.1, -0.05) is 0 Å². The minimum Gasteiger partial charge on any atom is -0.397 e. The Morgan fingerprint density at radius 2 is 1.71 bits per heavy atom. The zero-order chi connectivity index (χ0) is 13.3. The van der Waals surface area contributed by atoms with Gasteiger partial charge in [-0.2, -0.15) is 0 Å². The van der Waals surface area contributed by atoms with Gasteiger partial charge in [-0.05, 0) is 79.4 Å². The van der Waals surface area contributed by atoms with Crippen LogP contribution in [0.2, 0.25) is 0 Å². The van der Waals surface area contributed by atoms with Crippen molar-refractivity contribution < 1.29 is 9.59 Å². The Hall–Kier alpha value is 0.640. The summed E-state index contributed by atoms with van der Waals surface area (Å²) in [5.74, 6) is -0.227. The molecule has 0 spiro atoms. The highest BCUT2D eigenvalue weighted by molar-refractivity contribution is 14.1. The number of rotatable bonds is 2. The standard InChI is InChI=1S/C9H6ClI3N2O2/c1-2(16)15-8-5(12)3(9(10)17)4(11)7(14)6(8)13/h14H2,1H3,(H,15,16). The third-order valence-electron chi connectivity index (χ3n) is 1.85. The number of hydrogen-bond donors (Lipinski definition) is 2. The molecule has 1 aromatic rings. The van der Waals surface area contributed by atoms with Crippen LogP contribution in [0.5, 0.6) is 0 Å². The number of nitrogens with two attached hydrogens (primary N) is 1. The third kappa shape index (κ3) is 3.35. The first kappa shape index (κ1) is 15.7. The van der Waals surface area contributed by atoms with Crippen LogP contribution in [0.15, 0.2) is 0 Å². The summed E-state index contributed by atoms with van der Waals surface area (Å²) in [5.41, 5.74) is 7.19. The second-order valence-corrected chi connectivity index (χ2v) is 6.64. The van der Waals surface area contributed by atoms with Crippen LogP contribution >= 0.6 is 79.4 Å². The average molecular weight is 590 g/mol. The number of halogens is 4. The lowest BCUT2D eigenvalue weighted by atomic mass is 10.2. The summed E-state index contributed by atoms with van der Waals surface area (Å²) < 4.78 is 1.90. The fraction of sp³-hybridized carbons (Fsp3) is 0.111. The zero-order valence-corrected chi connectivity index (χ0v) is 15.6. The normalized spacial score (nSPS) is 10.2. The fourth-order valence-corrected chi connectivity index (χ4v) is 5.58. The number of hydrogen-bond acceptors (Lipinski definition) is 3. The van der Waals surface area contributed by atoms with E-state index in [9.17, 15) is 9.59 Å². The minimum absolute atomic E-state index is 0.227. The summed E-state index contributed by atoms with van der Waals surface area (Å²) in [6, 6.07) is 0. The lowest BCUT2D eigenvalue weighted by Gasteiger charge is -2.15. The molecule has 0 unspecified atom stereocenters. The number of nitrogen functional groups attached to an aromatic ring is 1. The quantitative estimate of drug-likeness (QED) is 0.315. The van der Waals surface area contributed by atoms with Crippen molar-refractivity contribution >= 4 is 102 Å². The molecule has 0 fully saturated rings. The first-order valence-corrected chi connectivity index (χ1v) is 7.82. The van der Waals surface area contributed by atoms with E-state index in [2.05, 4.69) is 5.32 Å². The Morgan fingerprint density at radius 1 is 1.18 bits per heavy atom. The van der Waals surface area contributed by atoms with Crippen LogP contribution in [-0.2, 0) is 4.79 Å². The number of nitrogens with one attached hydrogen (secondary N) is 1. The summed E-state index contributed by atoms with van der Waals surface area (Å²) in [6.07, 6.45) is 0. The maximum Gasteiger partial charge on any atom is 0.254 e. The van der Waals surface area contributed by atoms with Gasteiger partial charge >= 0.3 is 0 Å². The molecule has 4 nitrogen and oxygen atoms in total. The SMILES string of the molecule is CC(=O)Nc1c(I)c(N)c(I)c(C(=O)Cl)c1I. The summed E-state index contributed by atoms with van der Waals surface area (Å²) >= 11 is 11.5. The lowest BCUT2D eigenvalue weighted by Crippen LogP contribution is -2.14. The first-order chi connectivity index (χ1) is 7.77. The highest BCUT2D eigenvalue weighted by Crippen LogP contribution is 2.37. The Morgan fingerprint density at radius 3 is 2.12 bits per heavy atom. The number of carbonyl (C=O) groups is 2. The minimum atomic E-state index is -0.589. The molecule has 0 aliphatic carbocycles. The second-order valence-electron chi connectivity index (χ2n) is 3.06. The van der Waals surface area contributed by atoms with Gasteiger partial charge in [-0.15, -0.1) is 0 Å². The number of amides is 1. The molecule has 17 heavy (non-hydrogen) atoms. The van der Waals surface area contributed by atoms with E-state index in [1.807, 2.05) is 67.8 Å². The smallest absolute Gasteiger partial charge is 0.254 e. The van der Waals surface area contributed by atoms with E-state index in [0.29, 0.717) is 27.6 Å². The molecule has 8 heteroatoms. The highest BCUT2D eigenvalue weighted by Gasteiger charge is 2.22. The van der Waals surface area contributed by atoms with Crippen molar-refractivity contribution in [2.45, 2.75) is 6.92 Å². The Labute approximate surface area is 144 Å². The van der Waals surface area contributed by atoms with Crippen LogP contribution in [0.1, 0.15) is 17.3 Å². The van der Waals surface area contributed by atoms with E-state index in [-0.39, 0.29) is 5.91 Å².